The molecule has 0 aliphatic rings. The predicted molar refractivity (Wildman–Crippen MR) is 78.7 cm³/mol. The summed E-state index contributed by atoms with van der Waals surface area (Å²) in [5, 5.41) is 23.6. The zero-order valence-electron chi connectivity index (χ0n) is 11.5. The molecule has 0 saturated carbocycles. The van der Waals surface area contributed by atoms with Gasteiger partial charge in [0.25, 0.3) is 0 Å². The molecule has 6 heteroatoms. The number of rotatable bonds is 5. The molecule has 0 saturated heterocycles. The van der Waals surface area contributed by atoms with Crippen molar-refractivity contribution in [3.05, 3.63) is 28.8 Å². The molecule has 1 unspecified atom stereocenters. The zero-order chi connectivity index (χ0) is 15.2. The van der Waals surface area contributed by atoms with Crippen LogP contribution in [0.25, 0.3) is 0 Å². The number of nitriles is 1. The molecule has 0 aromatic heterocycles. The van der Waals surface area contributed by atoms with Crippen molar-refractivity contribution in [2.24, 2.45) is 0 Å². The molecule has 0 bridgehead atoms. The van der Waals surface area contributed by atoms with Gasteiger partial charge in [0.1, 0.15) is 6.07 Å². The highest BCUT2D eigenvalue weighted by Crippen LogP contribution is 2.20. The third-order valence-corrected chi connectivity index (χ3v) is 3.52. The summed E-state index contributed by atoms with van der Waals surface area (Å²) in [6.07, 6.45) is 1.18. The molecule has 1 aromatic rings. The van der Waals surface area contributed by atoms with Gasteiger partial charge in [0, 0.05) is 17.8 Å². The molecule has 1 rings (SSSR count). The average molecular weight is 296 g/mol. The monoisotopic (exact) mass is 295 g/mol. The van der Waals surface area contributed by atoms with Crippen LogP contribution in [0.15, 0.2) is 18.2 Å². The van der Waals surface area contributed by atoms with E-state index in [1.54, 1.807) is 12.1 Å². The second kappa shape index (κ2) is 7.13. The number of carbonyl (C=O) groups is 1. The van der Waals surface area contributed by atoms with Crippen molar-refractivity contribution >= 4 is 23.3 Å². The van der Waals surface area contributed by atoms with E-state index >= 15 is 0 Å². The van der Waals surface area contributed by atoms with Crippen molar-refractivity contribution < 1.29 is 9.90 Å². The highest BCUT2D eigenvalue weighted by Gasteiger charge is 2.23. The van der Waals surface area contributed by atoms with E-state index in [0.29, 0.717) is 29.1 Å². The summed E-state index contributed by atoms with van der Waals surface area (Å²) in [7, 11) is 0. The van der Waals surface area contributed by atoms with Crippen molar-refractivity contribution in [2.45, 2.75) is 32.2 Å². The first-order valence-electron chi connectivity index (χ1n) is 6.34. The van der Waals surface area contributed by atoms with E-state index in [2.05, 4.69) is 10.6 Å². The van der Waals surface area contributed by atoms with Crippen molar-refractivity contribution in [3.63, 3.8) is 0 Å². The molecule has 1 atom stereocenters. The van der Waals surface area contributed by atoms with Gasteiger partial charge in [-0.3, -0.25) is 0 Å². The summed E-state index contributed by atoms with van der Waals surface area (Å²) >= 11 is 5.90. The number of anilines is 1. The van der Waals surface area contributed by atoms with Crippen LogP contribution in [-0.2, 0) is 0 Å². The fourth-order valence-corrected chi connectivity index (χ4v) is 1.92. The number of hydrogen-bond donors (Lipinski definition) is 3. The molecule has 0 heterocycles. The maximum absolute atomic E-state index is 11.9. The molecule has 0 aliphatic heterocycles. The quantitative estimate of drug-likeness (QED) is 0.781. The van der Waals surface area contributed by atoms with Crippen LogP contribution < -0.4 is 10.6 Å². The topological polar surface area (TPSA) is 85.2 Å². The third kappa shape index (κ3) is 4.41. The van der Waals surface area contributed by atoms with Crippen LogP contribution in [0, 0.1) is 11.3 Å². The Kier molecular flexibility index (Phi) is 5.81. The standard InChI is InChI=1S/C14H18ClN3O2/c1-3-14(2,6-7-19)18-13(20)17-11-5-4-10(9-16)12(15)8-11/h4-5,8,19H,3,6-7H2,1-2H3,(H2,17,18,20). The van der Waals surface area contributed by atoms with Crippen LogP contribution in [0.4, 0.5) is 10.5 Å². The summed E-state index contributed by atoms with van der Waals surface area (Å²) in [5.74, 6) is 0. The third-order valence-electron chi connectivity index (χ3n) is 3.21. The van der Waals surface area contributed by atoms with Crippen molar-refractivity contribution in [1.82, 2.24) is 5.32 Å². The van der Waals surface area contributed by atoms with E-state index in [9.17, 15) is 4.79 Å². The van der Waals surface area contributed by atoms with Gasteiger partial charge in [0.05, 0.1) is 10.6 Å². The number of halogens is 1. The predicted octanol–water partition coefficient (Wildman–Crippen LogP) is 2.88. The van der Waals surface area contributed by atoms with E-state index < -0.39 is 5.54 Å². The lowest BCUT2D eigenvalue weighted by Crippen LogP contribution is -2.48. The minimum absolute atomic E-state index is 0.00726. The number of aliphatic hydroxyl groups is 1. The lowest BCUT2D eigenvalue weighted by molar-refractivity contribution is 0.208. The number of carbonyl (C=O) groups excluding carboxylic acids is 1. The Morgan fingerprint density at radius 3 is 2.75 bits per heavy atom. The van der Waals surface area contributed by atoms with Gasteiger partial charge in [0.15, 0.2) is 0 Å². The molecule has 0 radical (unpaired) electrons. The zero-order valence-corrected chi connectivity index (χ0v) is 12.3. The number of nitrogens with zero attached hydrogens (tertiary/aromatic N) is 1. The van der Waals surface area contributed by atoms with Gasteiger partial charge in [-0.15, -0.1) is 0 Å². The number of nitrogens with one attached hydrogen (secondary N) is 2. The van der Waals surface area contributed by atoms with Gasteiger partial charge in [0.2, 0.25) is 0 Å². The summed E-state index contributed by atoms with van der Waals surface area (Å²) in [5.41, 5.74) is 0.403. The number of amides is 2. The summed E-state index contributed by atoms with van der Waals surface area (Å²) in [6.45, 7) is 3.82. The fourth-order valence-electron chi connectivity index (χ4n) is 1.69. The maximum Gasteiger partial charge on any atom is 0.319 e. The Bertz CT molecular complexity index is 528. The molecular weight excluding hydrogens is 278 g/mol. The van der Waals surface area contributed by atoms with Crippen LogP contribution in [0.5, 0.6) is 0 Å². The van der Waals surface area contributed by atoms with E-state index in [4.69, 9.17) is 22.0 Å². The maximum atomic E-state index is 11.9. The van der Waals surface area contributed by atoms with E-state index in [1.165, 1.54) is 6.07 Å². The molecule has 20 heavy (non-hydrogen) atoms. The highest BCUT2D eigenvalue weighted by atomic mass is 35.5. The van der Waals surface area contributed by atoms with Crippen LogP contribution in [0.1, 0.15) is 32.3 Å². The average Bonchev–Trinajstić information content (AvgIpc) is 2.39. The summed E-state index contributed by atoms with van der Waals surface area (Å²) in [4.78, 5) is 11.9. The van der Waals surface area contributed by atoms with Gasteiger partial charge in [-0.1, -0.05) is 18.5 Å². The number of aliphatic hydroxyl groups excluding tert-OH is 1. The molecule has 0 fully saturated rings. The number of urea groups is 1. The van der Waals surface area contributed by atoms with Crippen LogP contribution >= 0.6 is 11.6 Å². The van der Waals surface area contributed by atoms with Gasteiger partial charge in [-0.05, 0) is 38.0 Å². The molecule has 0 aliphatic carbocycles. The van der Waals surface area contributed by atoms with Crippen molar-refractivity contribution in [1.29, 1.82) is 5.26 Å². The van der Waals surface area contributed by atoms with Crippen molar-refractivity contribution in [2.75, 3.05) is 11.9 Å². The second-order valence-corrected chi connectivity index (χ2v) is 5.18. The normalized spacial score (nSPS) is 13.2. The van der Waals surface area contributed by atoms with E-state index in [1.807, 2.05) is 19.9 Å². The summed E-state index contributed by atoms with van der Waals surface area (Å²) in [6, 6.07) is 6.26. The van der Waals surface area contributed by atoms with Gasteiger partial charge >= 0.3 is 6.03 Å². The van der Waals surface area contributed by atoms with Gasteiger partial charge in [-0.25, -0.2) is 4.79 Å². The van der Waals surface area contributed by atoms with Crippen LogP contribution in [-0.4, -0.2) is 23.3 Å². The molecule has 5 nitrogen and oxygen atoms in total. The minimum atomic E-state index is -0.463. The lowest BCUT2D eigenvalue weighted by atomic mass is 9.95. The first-order chi connectivity index (χ1) is 9.44. The molecule has 3 N–H and O–H groups in total. The van der Waals surface area contributed by atoms with E-state index in [0.717, 1.165) is 0 Å². The number of hydrogen-bond acceptors (Lipinski definition) is 3. The molecule has 0 spiro atoms. The van der Waals surface area contributed by atoms with E-state index in [-0.39, 0.29) is 12.6 Å². The van der Waals surface area contributed by atoms with Crippen LogP contribution in [0.3, 0.4) is 0 Å². The number of benzene rings is 1. The summed E-state index contributed by atoms with van der Waals surface area (Å²) < 4.78 is 0. The molecule has 1 aromatic carbocycles. The van der Waals surface area contributed by atoms with Crippen LogP contribution in [0.2, 0.25) is 5.02 Å². The Balaban J connectivity index is 2.72. The minimum Gasteiger partial charge on any atom is -0.396 e. The SMILES string of the molecule is CCC(C)(CCO)NC(=O)Nc1ccc(C#N)c(Cl)c1. The smallest absolute Gasteiger partial charge is 0.319 e. The Hall–Kier alpha value is -1.77. The molecule has 2 amide bonds. The van der Waals surface area contributed by atoms with Crippen molar-refractivity contribution in [3.8, 4) is 6.07 Å². The lowest BCUT2D eigenvalue weighted by Gasteiger charge is -2.29. The Morgan fingerprint density at radius 2 is 2.25 bits per heavy atom. The van der Waals surface area contributed by atoms with Gasteiger partial charge in [-0.2, -0.15) is 5.26 Å². The Morgan fingerprint density at radius 1 is 1.55 bits per heavy atom. The molecule has 108 valence electrons. The highest BCUT2D eigenvalue weighted by molar-refractivity contribution is 6.32. The fraction of sp³-hybridized carbons (Fsp3) is 0.429. The second-order valence-electron chi connectivity index (χ2n) is 4.77. The Labute approximate surface area is 123 Å². The van der Waals surface area contributed by atoms with Gasteiger partial charge < -0.3 is 15.7 Å². The first-order valence-corrected chi connectivity index (χ1v) is 6.71. The first kappa shape index (κ1) is 16.3. The molecular formula is C14H18ClN3O2. The largest absolute Gasteiger partial charge is 0.396 e.